The monoisotopic (exact) mass is 312 g/mol. The second-order valence-corrected chi connectivity index (χ2v) is 4.61. The van der Waals surface area contributed by atoms with Gasteiger partial charge < -0.3 is 20.4 Å². The highest BCUT2D eigenvalue weighted by Crippen LogP contribution is 2.23. The summed E-state index contributed by atoms with van der Waals surface area (Å²) in [4.78, 5) is 24.7. The third-order valence-electron chi connectivity index (χ3n) is 2.74. The van der Waals surface area contributed by atoms with Gasteiger partial charge in [-0.3, -0.25) is 0 Å². The normalized spacial score (nSPS) is 11.5. The first-order valence-electron chi connectivity index (χ1n) is 6.25. The van der Waals surface area contributed by atoms with E-state index in [1.807, 2.05) is 0 Å². The van der Waals surface area contributed by atoms with Crippen molar-refractivity contribution in [3.8, 4) is 0 Å². The van der Waals surface area contributed by atoms with E-state index in [1.54, 1.807) is 18.2 Å². The van der Waals surface area contributed by atoms with Gasteiger partial charge in [-0.05, 0) is 6.07 Å². The van der Waals surface area contributed by atoms with E-state index in [2.05, 4.69) is 11.9 Å². The first kappa shape index (κ1) is 17.0. The molecule has 0 saturated carbocycles. The molecule has 3 N–H and O–H groups in total. The Hall–Kier alpha value is -2.05. The molecule has 0 heterocycles. The van der Waals surface area contributed by atoms with Gasteiger partial charge in [0.2, 0.25) is 0 Å². The van der Waals surface area contributed by atoms with Gasteiger partial charge >= 0.3 is 12.0 Å². The van der Waals surface area contributed by atoms with Gasteiger partial charge in [0.1, 0.15) is 0 Å². The Morgan fingerprint density at radius 2 is 2.10 bits per heavy atom. The Kier molecular flexibility index (Phi) is 6.71. The van der Waals surface area contributed by atoms with Gasteiger partial charge in [-0.1, -0.05) is 35.9 Å². The molecule has 0 fully saturated rings. The maximum Gasteiger partial charge on any atom is 0.331 e. The van der Waals surface area contributed by atoms with E-state index < -0.39 is 18.0 Å². The fraction of sp³-hybridized carbons (Fsp3) is 0.286. The van der Waals surface area contributed by atoms with E-state index in [9.17, 15) is 14.7 Å². The number of carbonyl (C=O) groups excluding carboxylic acids is 1. The van der Waals surface area contributed by atoms with E-state index in [4.69, 9.17) is 16.7 Å². The molecule has 114 valence electrons. The van der Waals surface area contributed by atoms with E-state index in [0.717, 1.165) is 0 Å². The van der Waals surface area contributed by atoms with Gasteiger partial charge in [-0.15, -0.1) is 6.58 Å². The number of aliphatic carboxylic acids is 1. The minimum atomic E-state index is -1.27. The lowest BCUT2D eigenvalue weighted by Gasteiger charge is -2.24. The van der Waals surface area contributed by atoms with Crippen molar-refractivity contribution in [1.82, 2.24) is 10.2 Å². The molecule has 1 rings (SSSR count). The number of amides is 2. The van der Waals surface area contributed by atoms with Crippen molar-refractivity contribution < 1.29 is 19.8 Å². The lowest BCUT2D eigenvalue weighted by atomic mass is 10.1. The number of nitrogens with one attached hydrogen (secondary N) is 1. The molecule has 1 aromatic rings. The zero-order chi connectivity index (χ0) is 15.8. The lowest BCUT2D eigenvalue weighted by molar-refractivity contribution is -0.139. The number of rotatable bonds is 7. The molecule has 21 heavy (non-hydrogen) atoms. The van der Waals surface area contributed by atoms with E-state index in [1.165, 1.54) is 17.0 Å². The molecule has 0 radical (unpaired) electrons. The van der Waals surface area contributed by atoms with Gasteiger partial charge in [0.05, 0.1) is 6.61 Å². The number of hydrogen-bond acceptors (Lipinski definition) is 3. The van der Waals surface area contributed by atoms with E-state index >= 15 is 0 Å². The summed E-state index contributed by atoms with van der Waals surface area (Å²) in [5.74, 6) is -1.22. The first-order valence-corrected chi connectivity index (χ1v) is 6.63. The second kappa shape index (κ2) is 8.28. The van der Waals surface area contributed by atoms with Crippen molar-refractivity contribution in [3.63, 3.8) is 0 Å². The van der Waals surface area contributed by atoms with Crippen LogP contribution in [0.1, 0.15) is 11.6 Å². The van der Waals surface area contributed by atoms with Gasteiger partial charge in [0, 0.05) is 23.7 Å². The topological polar surface area (TPSA) is 89.9 Å². The fourth-order valence-electron chi connectivity index (χ4n) is 1.75. The molecular formula is C14H17ClN2O4. The van der Waals surface area contributed by atoms with Crippen LogP contribution in [0.5, 0.6) is 0 Å². The van der Waals surface area contributed by atoms with Crippen molar-refractivity contribution in [3.05, 3.63) is 47.5 Å². The zero-order valence-corrected chi connectivity index (χ0v) is 12.1. The van der Waals surface area contributed by atoms with Crippen molar-refractivity contribution in [2.24, 2.45) is 0 Å². The molecule has 1 atom stereocenters. The summed E-state index contributed by atoms with van der Waals surface area (Å²) >= 11 is 5.96. The zero-order valence-electron chi connectivity index (χ0n) is 11.3. The predicted molar refractivity (Wildman–Crippen MR) is 79.2 cm³/mol. The van der Waals surface area contributed by atoms with Crippen LogP contribution in [0, 0.1) is 0 Å². The van der Waals surface area contributed by atoms with Crippen molar-refractivity contribution >= 4 is 23.6 Å². The molecule has 1 aromatic carbocycles. The van der Waals surface area contributed by atoms with Crippen LogP contribution in [0.2, 0.25) is 5.02 Å². The van der Waals surface area contributed by atoms with Gasteiger partial charge in [0.25, 0.3) is 0 Å². The Balaban J connectivity index is 2.93. The Bertz CT molecular complexity index is 521. The molecule has 0 bridgehead atoms. The van der Waals surface area contributed by atoms with Crippen LogP contribution in [0.25, 0.3) is 0 Å². The summed E-state index contributed by atoms with van der Waals surface area (Å²) < 4.78 is 0. The molecule has 6 nitrogen and oxygen atoms in total. The van der Waals surface area contributed by atoms with Crippen LogP contribution in [-0.4, -0.2) is 46.8 Å². The summed E-state index contributed by atoms with van der Waals surface area (Å²) in [5.41, 5.74) is 0.294. The van der Waals surface area contributed by atoms with Crippen molar-refractivity contribution in [2.75, 3.05) is 19.7 Å². The molecule has 0 unspecified atom stereocenters. The number of hydrogen-bond donors (Lipinski definition) is 3. The molecule has 7 heteroatoms. The number of aliphatic hydroxyl groups excluding tert-OH is 1. The maximum atomic E-state index is 12.1. The molecule has 0 aromatic heterocycles. The molecule has 2 amide bonds. The quantitative estimate of drug-likeness (QED) is 0.668. The predicted octanol–water partition coefficient (Wildman–Crippen LogP) is 1.66. The van der Waals surface area contributed by atoms with Crippen molar-refractivity contribution in [1.29, 1.82) is 0 Å². The SMILES string of the molecule is C=CCN(CCO)C(=O)N[C@@H](C(=O)O)c1ccccc1Cl. The third kappa shape index (κ3) is 4.77. The summed E-state index contributed by atoms with van der Waals surface area (Å²) in [6, 6.07) is 4.51. The molecular weight excluding hydrogens is 296 g/mol. The Morgan fingerprint density at radius 3 is 2.62 bits per heavy atom. The summed E-state index contributed by atoms with van der Waals surface area (Å²) in [6.45, 7) is 3.55. The third-order valence-corrected chi connectivity index (χ3v) is 3.08. The summed E-state index contributed by atoms with van der Waals surface area (Å²) in [7, 11) is 0. The number of carboxylic acid groups (broad SMARTS) is 1. The Morgan fingerprint density at radius 1 is 1.43 bits per heavy atom. The number of urea groups is 1. The van der Waals surface area contributed by atoms with E-state index in [-0.39, 0.29) is 24.7 Å². The van der Waals surface area contributed by atoms with Crippen LogP contribution in [0.4, 0.5) is 4.79 Å². The summed E-state index contributed by atoms with van der Waals surface area (Å²) in [5, 5.41) is 20.8. The van der Waals surface area contributed by atoms with E-state index in [0.29, 0.717) is 5.56 Å². The standard InChI is InChI=1S/C14H17ClN2O4/c1-2-7-17(8-9-18)14(21)16-12(13(19)20)10-5-3-4-6-11(10)15/h2-6,12,18H,1,7-9H2,(H,16,21)(H,19,20)/t12-/m1/s1. The maximum absolute atomic E-state index is 12.1. The fourth-order valence-corrected chi connectivity index (χ4v) is 1.99. The second-order valence-electron chi connectivity index (χ2n) is 4.20. The number of nitrogens with zero attached hydrogens (tertiary/aromatic N) is 1. The van der Waals surface area contributed by atoms with Gasteiger partial charge in [-0.25, -0.2) is 9.59 Å². The van der Waals surface area contributed by atoms with Crippen LogP contribution < -0.4 is 5.32 Å². The number of benzene rings is 1. The molecule has 0 aliphatic carbocycles. The van der Waals surface area contributed by atoms with Gasteiger partial charge in [-0.2, -0.15) is 0 Å². The molecule has 0 saturated heterocycles. The lowest BCUT2D eigenvalue weighted by Crippen LogP contribution is -2.45. The smallest absolute Gasteiger partial charge is 0.331 e. The van der Waals surface area contributed by atoms with Crippen LogP contribution >= 0.6 is 11.6 Å². The van der Waals surface area contributed by atoms with Crippen LogP contribution in [0.15, 0.2) is 36.9 Å². The summed E-state index contributed by atoms with van der Waals surface area (Å²) in [6.07, 6.45) is 1.49. The largest absolute Gasteiger partial charge is 0.479 e. The highest BCUT2D eigenvalue weighted by Gasteiger charge is 2.26. The average molecular weight is 313 g/mol. The number of aliphatic hydroxyl groups is 1. The number of halogens is 1. The first-order chi connectivity index (χ1) is 10.0. The molecule has 0 aliphatic heterocycles. The Labute approximate surface area is 127 Å². The molecule has 0 spiro atoms. The van der Waals surface area contributed by atoms with Crippen molar-refractivity contribution in [2.45, 2.75) is 6.04 Å². The highest BCUT2D eigenvalue weighted by molar-refractivity contribution is 6.31. The number of carbonyl (C=O) groups is 2. The minimum Gasteiger partial charge on any atom is -0.479 e. The minimum absolute atomic E-state index is 0.0761. The molecule has 0 aliphatic rings. The van der Waals surface area contributed by atoms with Gasteiger partial charge in [0.15, 0.2) is 6.04 Å². The number of carboxylic acids is 1. The van der Waals surface area contributed by atoms with Crippen LogP contribution in [0.3, 0.4) is 0 Å². The highest BCUT2D eigenvalue weighted by atomic mass is 35.5. The average Bonchev–Trinajstić information content (AvgIpc) is 2.45. The van der Waals surface area contributed by atoms with Crippen LogP contribution in [-0.2, 0) is 4.79 Å².